The summed E-state index contributed by atoms with van der Waals surface area (Å²) in [6.45, 7) is 0. The van der Waals surface area contributed by atoms with E-state index in [2.05, 4.69) is 59.4 Å². The smallest absolute Gasteiger partial charge is 0.0551 e. The normalized spacial score (nSPS) is 18.6. The van der Waals surface area contributed by atoms with Gasteiger partial charge in [0.05, 0.1) is 11.7 Å². The second kappa shape index (κ2) is 3.99. The van der Waals surface area contributed by atoms with Crippen molar-refractivity contribution >= 4 is 5.69 Å². The first-order valence-electron chi connectivity index (χ1n) is 5.58. The maximum atomic E-state index is 3.34. The second-order valence-electron chi connectivity index (χ2n) is 4.09. The number of hydrogen-bond acceptors (Lipinski definition) is 2. The lowest BCUT2D eigenvalue weighted by Crippen LogP contribution is -2.33. The molecule has 0 bridgehead atoms. The third kappa shape index (κ3) is 1.68. The number of hydrazine groups is 1. The summed E-state index contributed by atoms with van der Waals surface area (Å²) in [4.78, 5) is 0. The van der Waals surface area contributed by atoms with Crippen LogP contribution in [0.3, 0.4) is 0 Å². The maximum Gasteiger partial charge on any atom is 0.0551 e. The van der Waals surface area contributed by atoms with Crippen molar-refractivity contribution in [3.8, 4) is 0 Å². The van der Waals surface area contributed by atoms with Crippen LogP contribution in [-0.4, -0.2) is 0 Å². The van der Waals surface area contributed by atoms with Gasteiger partial charge in [-0.3, -0.25) is 0 Å². The zero-order valence-corrected chi connectivity index (χ0v) is 8.98. The van der Waals surface area contributed by atoms with E-state index in [0.717, 1.165) is 6.42 Å². The lowest BCUT2D eigenvalue weighted by molar-refractivity contribution is 0.565. The van der Waals surface area contributed by atoms with E-state index in [1.807, 2.05) is 6.07 Å². The molecule has 0 fully saturated rings. The van der Waals surface area contributed by atoms with Gasteiger partial charge in [-0.1, -0.05) is 48.5 Å². The number of benzene rings is 2. The van der Waals surface area contributed by atoms with Gasteiger partial charge in [-0.15, -0.1) is 0 Å². The first-order valence-corrected chi connectivity index (χ1v) is 5.58. The fraction of sp³-hybridized carbons (Fsp3) is 0.143. The average molecular weight is 210 g/mol. The molecule has 3 rings (SSSR count). The van der Waals surface area contributed by atoms with Crippen molar-refractivity contribution in [2.24, 2.45) is 0 Å². The van der Waals surface area contributed by atoms with Gasteiger partial charge < -0.3 is 5.43 Å². The van der Waals surface area contributed by atoms with Gasteiger partial charge in [0, 0.05) is 0 Å². The first kappa shape index (κ1) is 9.43. The van der Waals surface area contributed by atoms with Gasteiger partial charge in [0.15, 0.2) is 0 Å². The Balaban J connectivity index is 1.89. The van der Waals surface area contributed by atoms with Gasteiger partial charge in [0.1, 0.15) is 0 Å². The topological polar surface area (TPSA) is 24.1 Å². The molecule has 2 aromatic rings. The molecule has 0 aromatic heterocycles. The molecule has 80 valence electrons. The van der Waals surface area contributed by atoms with Gasteiger partial charge in [-0.2, -0.15) is 0 Å². The molecule has 0 radical (unpaired) electrons. The SMILES string of the molecule is c1ccc(C2Cc3ccccc3NN2)cc1. The molecule has 1 atom stereocenters. The molecule has 0 saturated carbocycles. The van der Waals surface area contributed by atoms with Crippen LogP contribution in [0, 0.1) is 0 Å². The highest BCUT2D eigenvalue weighted by molar-refractivity contribution is 5.53. The minimum atomic E-state index is 0.357. The van der Waals surface area contributed by atoms with Crippen LogP contribution in [-0.2, 0) is 6.42 Å². The first-order chi connectivity index (χ1) is 7.93. The summed E-state index contributed by atoms with van der Waals surface area (Å²) in [5, 5.41) is 0. The molecular formula is C14H14N2. The van der Waals surface area contributed by atoms with Crippen LogP contribution in [0.5, 0.6) is 0 Å². The number of hydrogen-bond donors (Lipinski definition) is 2. The molecule has 2 nitrogen and oxygen atoms in total. The Labute approximate surface area is 95.3 Å². The summed E-state index contributed by atoms with van der Waals surface area (Å²) in [5.41, 5.74) is 10.5. The molecule has 1 aliphatic rings. The van der Waals surface area contributed by atoms with Crippen LogP contribution in [0.15, 0.2) is 54.6 Å². The Morgan fingerprint density at radius 2 is 1.62 bits per heavy atom. The van der Waals surface area contributed by atoms with Crippen LogP contribution in [0.4, 0.5) is 5.69 Å². The number of fused-ring (bicyclic) bond motifs is 1. The average Bonchev–Trinajstić information content (AvgIpc) is 2.39. The minimum absolute atomic E-state index is 0.357. The monoisotopic (exact) mass is 210 g/mol. The molecule has 0 spiro atoms. The Morgan fingerprint density at radius 1 is 0.875 bits per heavy atom. The molecule has 1 heterocycles. The minimum Gasteiger partial charge on any atom is -0.321 e. The maximum absolute atomic E-state index is 3.34. The zero-order chi connectivity index (χ0) is 10.8. The van der Waals surface area contributed by atoms with E-state index in [0.29, 0.717) is 6.04 Å². The van der Waals surface area contributed by atoms with Crippen molar-refractivity contribution in [3.05, 3.63) is 65.7 Å². The van der Waals surface area contributed by atoms with E-state index < -0.39 is 0 Å². The fourth-order valence-corrected chi connectivity index (χ4v) is 2.14. The van der Waals surface area contributed by atoms with E-state index in [9.17, 15) is 0 Å². The lowest BCUT2D eigenvalue weighted by atomic mass is 9.97. The molecule has 16 heavy (non-hydrogen) atoms. The molecule has 0 aliphatic carbocycles. The number of rotatable bonds is 1. The second-order valence-corrected chi connectivity index (χ2v) is 4.09. The summed E-state index contributed by atoms with van der Waals surface area (Å²) in [6.07, 6.45) is 1.03. The molecule has 0 saturated heterocycles. The summed E-state index contributed by atoms with van der Waals surface area (Å²) in [5.74, 6) is 0. The van der Waals surface area contributed by atoms with Crippen molar-refractivity contribution in [2.75, 3.05) is 5.43 Å². The van der Waals surface area contributed by atoms with Gasteiger partial charge in [0.25, 0.3) is 0 Å². The number of nitrogens with one attached hydrogen (secondary N) is 2. The highest BCUT2D eigenvalue weighted by Crippen LogP contribution is 2.26. The highest BCUT2D eigenvalue weighted by Gasteiger charge is 2.18. The fourth-order valence-electron chi connectivity index (χ4n) is 2.14. The summed E-state index contributed by atoms with van der Waals surface area (Å²) >= 11 is 0. The molecule has 2 heteroatoms. The van der Waals surface area contributed by atoms with E-state index in [1.165, 1.54) is 16.8 Å². The zero-order valence-electron chi connectivity index (χ0n) is 8.98. The summed E-state index contributed by atoms with van der Waals surface area (Å²) in [6, 6.07) is 19.3. The Kier molecular flexibility index (Phi) is 2.35. The third-order valence-corrected chi connectivity index (χ3v) is 3.02. The molecule has 1 aliphatic heterocycles. The third-order valence-electron chi connectivity index (χ3n) is 3.02. The Hall–Kier alpha value is -1.80. The van der Waals surface area contributed by atoms with Crippen molar-refractivity contribution in [2.45, 2.75) is 12.5 Å². The Morgan fingerprint density at radius 3 is 2.50 bits per heavy atom. The van der Waals surface area contributed by atoms with Gasteiger partial charge in [-0.25, -0.2) is 5.43 Å². The van der Waals surface area contributed by atoms with Crippen molar-refractivity contribution in [1.29, 1.82) is 0 Å². The van der Waals surface area contributed by atoms with Crippen LogP contribution >= 0.6 is 0 Å². The van der Waals surface area contributed by atoms with Crippen LogP contribution in [0.1, 0.15) is 17.2 Å². The predicted molar refractivity (Wildman–Crippen MR) is 66.1 cm³/mol. The van der Waals surface area contributed by atoms with Crippen LogP contribution in [0.2, 0.25) is 0 Å². The molecule has 1 unspecified atom stereocenters. The highest BCUT2D eigenvalue weighted by atomic mass is 15.4. The van der Waals surface area contributed by atoms with E-state index in [1.54, 1.807) is 0 Å². The van der Waals surface area contributed by atoms with E-state index >= 15 is 0 Å². The van der Waals surface area contributed by atoms with E-state index in [-0.39, 0.29) is 0 Å². The largest absolute Gasteiger partial charge is 0.321 e. The van der Waals surface area contributed by atoms with E-state index in [4.69, 9.17) is 0 Å². The molecule has 2 aromatic carbocycles. The van der Waals surface area contributed by atoms with Crippen molar-refractivity contribution in [1.82, 2.24) is 5.43 Å². The van der Waals surface area contributed by atoms with Crippen molar-refractivity contribution < 1.29 is 0 Å². The van der Waals surface area contributed by atoms with Gasteiger partial charge in [0.2, 0.25) is 0 Å². The molecule has 0 amide bonds. The van der Waals surface area contributed by atoms with Gasteiger partial charge >= 0.3 is 0 Å². The molecule has 2 N–H and O–H groups in total. The standard InChI is InChI=1S/C14H14N2/c1-2-6-11(7-3-1)14-10-12-8-4-5-9-13(12)15-16-14/h1-9,14-16H,10H2. The number of para-hydroxylation sites is 1. The van der Waals surface area contributed by atoms with Gasteiger partial charge in [-0.05, 0) is 23.6 Å². The summed E-state index contributed by atoms with van der Waals surface area (Å²) < 4.78 is 0. The Bertz CT molecular complexity index is 479. The predicted octanol–water partition coefficient (Wildman–Crippen LogP) is 2.90. The lowest BCUT2D eigenvalue weighted by Gasteiger charge is -2.27. The molecular weight excluding hydrogens is 196 g/mol. The van der Waals surface area contributed by atoms with Crippen LogP contribution in [0.25, 0.3) is 0 Å². The number of anilines is 1. The van der Waals surface area contributed by atoms with Crippen molar-refractivity contribution in [3.63, 3.8) is 0 Å². The summed E-state index contributed by atoms with van der Waals surface area (Å²) in [7, 11) is 0. The van der Waals surface area contributed by atoms with Crippen LogP contribution < -0.4 is 10.9 Å². The quantitative estimate of drug-likeness (QED) is 0.756.